The molecule has 3 fully saturated rings. The number of phenolic OH excluding ortho intramolecular Hbond substituents is 1. The van der Waals surface area contributed by atoms with Gasteiger partial charge in [0.05, 0.1) is 6.10 Å². The van der Waals surface area contributed by atoms with E-state index in [1.807, 2.05) is 39.6 Å². The summed E-state index contributed by atoms with van der Waals surface area (Å²) in [5.74, 6) is 5.18. The van der Waals surface area contributed by atoms with E-state index in [0.29, 0.717) is 23.9 Å². The van der Waals surface area contributed by atoms with Gasteiger partial charge in [-0.3, -0.25) is 4.79 Å². The van der Waals surface area contributed by atoms with Gasteiger partial charge in [-0.1, -0.05) is 54.4 Å². The van der Waals surface area contributed by atoms with Crippen molar-refractivity contribution in [1.82, 2.24) is 0 Å². The molecule has 8 heteroatoms. The van der Waals surface area contributed by atoms with E-state index in [2.05, 4.69) is 47.1 Å². The molecule has 0 bridgehead atoms. The molecule has 3 nitrogen and oxygen atoms in total. The second-order valence-corrected chi connectivity index (χ2v) is 12.8. The summed E-state index contributed by atoms with van der Waals surface area (Å²) in [5.41, 5.74) is -0.916. The molecule has 4 rings (SSSR count). The number of rotatable bonds is 6. The molecule has 6 atom stereocenters. The molecule has 1 aromatic carbocycles. The van der Waals surface area contributed by atoms with E-state index in [0.717, 1.165) is 30.2 Å². The van der Waals surface area contributed by atoms with E-state index in [9.17, 15) is 18.0 Å². The topological polar surface area (TPSA) is 46.5 Å². The first kappa shape index (κ1) is 45.5. The molecule has 1 N–H and O–H groups in total. The summed E-state index contributed by atoms with van der Waals surface area (Å²) in [4.78, 5) is 11.7. The molecule has 246 valence electrons. The monoisotopic (exact) mass is 654 g/mol. The number of ether oxygens (including phenoxy) is 1. The Morgan fingerprint density at radius 3 is 2.33 bits per heavy atom. The third-order valence-electron chi connectivity index (χ3n) is 8.45. The summed E-state index contributed by atoms with van der Waals surface area (Å²) < 4.78 is 40.9. The molecule has 0 spiro atoms. The van der Waals surface area contributed by atoms with E-state index >= 15 is 0 Å². The summed E-state index contributed by atoms with van der Waals surface area (Å²) in [5, 5.41) is 8.71. The fraction of sp³-hybridized carbons (Fsp3) is 0.743. The van der Waals surface area contributed by atoms with Crippen molar-refractivity contribution in [2.24, 2.45) is 29.1 Å². The van der Waals surface area contributed by atoms with Crippen molar-refractivity contribution < 1.29 is 79.2 Å². The maximum Gasteiger partial charge on any atom is 1.00 e. The minimum atomic E-state index is -4.50. The van der Waals surface area contributed by atoms with Crippen LogP contribution in [-0.4, -0.2) is 35.6 Å². The zero-order chi connectivity index (χ0) is 32.3. The van der Waals surface area contributed by atoms with Gasteiger partial charge in [0, 0.05) is 24.0 Å². The Morgan fingerprint density at radius 1 is 1.30 bits per heavy atom. The molecule has 0 amide bonds. The predicted molar refractivity (Wildman–Crippen MR) is 172 cm³/mol. The van der Waals surface area contributed by atoms with Crippen molar-refractivity contribution in [2.75, 3.05) is 18.6 Å². The van der Waals surface area contributed by atoms with Gasteiger partial charge in [0.25, 0.3) is 0 Å². The molecule has 1 aromatic rings. The summed E-state index contributed by atoms with van der Waals surface area (Å²) in [7, 11) is 1.81. The number of fused-ring (bicyclic) bond motifs is 1. The Morgan fingerprint density at radius 2 is 1.95 bits per heavy atom. The Kier molecular flexibility index (Phi) is 26.0. The van der Waals surface area contributed by atoms with Crippen molar-refractivity contribution >= 4 is 17.5 Å². The number of ketones is 1. The van der Waals surface area contributed by atoms with Crippen molar-refractivity contribution in [2.45, 2.75) is 119 Å². The maximum atomic E-state index is 11.9. The van der Waals surface area contributed by atoms with Crippen molar-refractivity contribution in [1.29, 1.82) is 0 Å². The second kappa shape index (κ2) is 24.6. The number of methoxy groups -OCH3 is 1. The van der Waals surface area contributed by atoms with Crippen LogP contribution in [-0.2, 0) is 15.7 Å². The van der Waals surface area contributed by atoms with Crippen LogP contribution in [0, 0.1) is 48.5 Å². The van der Waals surface area contributed by atoms with E-state index in [1.165, 1.54) is 68.9 Å². The average Bonchev–Trinajstić information content (AvgIpc) is 3.53. The van der Waals surface area contributed by atoms with Crippen LogP contribution in [0.4, 0.5) is 13.2 Å². The number of halogens is 3. The van der Waals surface area contributed by atoms with Crippen LogP contribution in [0.2, 0.25) is 0 Å². The predicted octanol–water partition coefficient (Wildman–Crippen LogP) is 7.66. The Bertz CT molecular complexity index is 852. The Balaban J connectivity index is 0. The van der Waals surface area contributed by atoms with E-state index < -0.39 is 17.5 Å². The number of alkyl halides is 3. The zero-order valence-corrected chi connectivity index (χ0v) is 32.4. The zero-order valence-electron chi connectivity index (χ0n) is 28.5. The van der Waals surface area contributed by atoms with Crippen LogP contribution in [0.15, 0.2) is 18.2 Å². The van der Waals surface area contributed by atoms with Crippen molar-refractivity contribution in [3.05, 3.63) is 43.2 Å². The first-order valence-corrected chi connectivity index (χ1v) is 17.0. The van der Waals surface area contributed by atoms with Gasteiger partial charge >= 0.3 is 57.6 Å². The number of thioether (sulfide) groups is 1. The molecule has 1 heterocycles. The largest absolute Gasteiger partial charge is 1.00 e. The third-order valence-corrected chi connectivity index (χ3v) is 9.54. The van der Waals surface area contributed by atoms with Gasteiger partial charge in [-0.2, -0.15) is 55.5 Å². The van der Waals surface area contributed by atoms with Gasteiger partial charge in [0.15, 0.2) is 0 Å². The number of phenols is 1. The first-order chi connectivity index (χ1) is 19.8. The van der Waals surface area contributed by atoms with Crippen LogP contribution in [0.5, 0.6) is 5.75 Å². The van der Waals surface area contributed by atoms with Gasteiger partial charge < -0.3 is 23.2 Å². The molecule has 0 aromatic heterocycles. The Labute approximate surface area is 309 Å². The number of carbonyl (C=O) groups excluding carboxylic acids is 1. The van der Waals surface area contributed by atoms with E-state index in [1.54, 1.807) is 0 Å². The van der Waals surface area contributed by atoms with Gasteiger partial charge in [-0.15, -0.1) is 6.07 Å². The molecular weight excluding hydrogens is 597 g/mol. The third kappa shape index (κ3) is 16.7. The fourth-order valence-electron chi connectivity index (χ4n) is 5.90. The molecule has 3 aliphatic rings. The summed E-state index contributed by atoms with van der Waals surface area (Å²) in [6.07, 6.45) is 9.54. The number of hydrogen-bond acceptors (Lipinski definition) is 4. The minimum Gasteiger partial charge on any atom is -0.533 e. The summed E-state index contributed by atoms with van der Waals surface area (Å²) in [6.45, 7) is 18.5. The molecule has 6 unspecified atom stereocenters. The molecule has 0 radical (unpaired) electrons. The normalized spacial score (nSPS) is 26.2. The van der Waals surface area contributed by atoms with Crippen LogP contribution < -0.4 is 51.4 Å². The van der Waals surface area contributed by atoms with E-state index in [4.69, 9.17) is 9.84 Å². The van der Waals surface area contributed by atoms with Gasteiger partial charge in [-0.05, 0) is 68.1 Å². The summed E-state index contributed by atoms with van der Waals surface area (Å²) in [6, 6.07) is 5.09. The SMILES string of the molecule is CC.CCC1CC2CCCC2(C(C)=O)C1.COC1CSCCC1C.Oc1cc[c-]cc1C(F)(F)F.[CH2-]C(C)C[CH-]CC.[K+]. The quantitative estimate of drug-likeness (QED) is 0.253. The van der Waals surface area contributed by atoms with Crippen LogP contribution >= 0.6 is 11.8 Å². The number of benzene rings is 1. The molecule has 2 saturated carbocycles. The molecule has 1 saturated heterocycles. The minimum absolute atomic E-state index is 0. The van der Waals surface area contributed by atoms with E-state index in [-0.39, 0.29) is 56.8 Å². The number of unbranched alkanes of at least 4 members (excludes halogenated alkanes) is 1. The van der Waals surface area contributed by atoms with Crippen molar-refractivity contribution in [3.8, 4) is 5.75 Å². The summed E-state index contributed by atoms with van der Waals surface area (Å²) >= 11 is 2.01. The first-order valence-electron chi connectivity index (χ1n) is 15.8. The van der Waals surface area contributed by atoms with Crippen LogP contribution in [0.1, 0.15) is 112 Å². The molecular formula is C35H58F3KO3S-2. The molecule has 1 aliphatic heterocycles. The van der Waals surface area contributed by atoms with Crippen LogP contribution in [0.3, 0.4) is 0 Å². The fourth-order valence-corrected chi connectivity index (χ4v) is 7.30. The number of aromatic hydroxyl groups is 1. The maximum absolute atomic E-state index is 11.9. The number of hydrogen-bond donors (Lipinski definition) is 1. The van der Waals surface area contributed by atoms with Crippen molar-refractivity contribution in [3.63, 3.8) is 0 Å². The number of carbonyl (C=O) groups is 1. The Hall–Kier alpha value is 0.426. The second-order valence-electron chi connectivity index (χ2n) is 11.6. The van der Waals surface area contributed by atoms with Gasteiger partial charge in [0.2, 0.25) is 0 Å². The standard InChI is InChI=1S/C12H20O.C7H4F3O.C7H14OS.C7H14.C2H6.K/c1-3-10-7-11-5-4-6-12(11,8-10)9(2)13;8-7(9,10)5-3-1-2-4-6(5)11;1-6-3-4-9-5-7(6)8-2;1-4-5-6-7(2)3;1-2;/h10-11H,3-8H2,1-2H3;2-4,11H;6-7H,3-5H2,1-2H3;5,7H,2,4,6H2,1,3H3;1-2H3;/q;-1;;-2;;+1. The number of Topliss-reactive ketones (excluding diaryl/α,β-unsaturated/α-hetero) is 1. The molecule has 2 aliphatic carbocycles. The van der Waals surface area contributed by atoms with Gasteiger partial charge in [-0.25, -0.2) is 6.42 Å². The van der Waals surface area contributed by atoms with Crippen LogP contribution in [0.25, 0.3) is 0 Å². The molecule has 43 heavy (non-hydrogen) atoms. The smallest absolute Gasteiger partial charge is 0.533 e. The average molecular weight is 655 g/mol. The van der Waals surface area contributed by atoms with Gasteiger partial charge in [0.1, 0.15) is 5.78 Å².